The second-order valence-corrected chi connectivity index (χ2v) is 9.65. The van der Waals surface area contributed by atoms with Crippen molar-refractivity contribution in [2.75, 3.05) is 106 Å². The third-order valence-corrected chi connectivity index (χ3v) is 7.43. The second-order valence-electron chi connectivity index (χ2n) is 9.65. The number of carbonyl (C=O) groups is 2. The summed E-state index contributed by atoms with van der Waals surface area (Å²) in [5.41, 5.74) is 0.878. The van der Waals surface area contributed by atoms with Crippen LogP contribution in [0.2, 0.25) is 0 Å². The molecule has 3 aliphatic heterocycles. The number of ether oxygens (including phenoxy) is 5. The average molecular weight is 522 g/mol. The van der Waals surface area contributed by atoms with Crippen LogP contribution >= 0.6 is 0 Å². The molecule has 3 fully saturated rings. The molecule has 0 aliphatic carbocycles. The van der Waals surface area contributed by atoms with E-state index >= 15 is 0 Å². The average Bonchev–Trinajstić information content (AvgIpc) is 2.97. The lowest BCUT2D eigenvalue weighted by molar-refractivity contribution is -0.862. The Morgan fingerprint density at radius 2 is 1.51 bits per heavy atom. The van der Waals surface area contributed by atoms with Crippen LogP contribution < -0.4 is 9.47 Å². The monoisotopic (exact) mass is 521 g/mol. The van der Waals surface area contributed by atoms with Gasteiger partial charge in [-0.3, -0.25) is 4.90 Å². The predicted octanol–water partition coefficient (Wildman–Crippen LogP) is 1.65. The summed E-state index contributed by atoms with van der Waals surface area (Å²) in [6, 6.07) is 5.74. The summed E-state index contributed by atoms with van der Waals surface area (Å²) < 4.78 is 27.9. The van der Waals surface area contributed by atoms with E-state index in [-0.39, 0.29) is 12.1 Å². The van der Waals surface area contributed by atoms with Gasteiger partial charge in [0.25, 0.3) is 0 Å². The number of quaternary nitrogens is 1. The first-order valence-electron chi connectivity index (χ1n) is 13.2. The Hall–Kier alpha value is -2.60. The standard InChI is InChI=1S/C26H41N4O7/c1-33-23-4-5-24(34-2)22(20-23)21-29(25(31)27-7-14-35-15-8-27)6-3-11-30(12-18-37-19-13-30)26(32)28-9-16-36-17-10-28/h4-5,20H,3,6-19,21H2,1-2H3/q+1. The highest BCUT2D eigenvalue weighted by Gasteiger charge is 2.42. The molecule has 37 heavy (non-hydrogen) atoms. The Morgan fingerprint density at radius 1 is 0.892 bits per heavy atom. The van der Waals surface area contributed by atoms with Crippen molar-refractivity contribution in [3.05, 3.63) is 23.8 Å². The van der Waals surface area contributed by atoms with Crippen molar-refractivity contribution in [1.82, 2.24) is 14.7 Å². The minimum Gasteiger partial charge on any atom is -0.497 e. The molecule has 1 aromatic rings. The van der Waals surface area contributed by atoms with E-state index in [0.717, 1.165) is 5.56 Å². The van der Waals surface area contributed by atoms with Gasteiger partial charge in [0.1, 0.15) is 24.6 Å². The third-order valence-electron chi connectivity index (χ3n) is 7.43. The molecule has 11 nitrogen and oxygen atoms in total. The molecule has 0 saturated carbocycles. The molecule has 0 aromatic heterocycles. The lowest BCUT2D eigenvalue weighted by atomic mass is 10.1. The van der Waals surface area contributed by atoms with Crippen molar-refractivity contribution in [3.8, 4) is 11.5 Å². The van der Waals surface area contributed by atoms with E-state index in [4.69, 9.17) is 23.7 Å². The van der Waals surface area contributed by atoms with Crippen molar-refractivity contribution in [2.24, 2.45) is 0 Å². The molecule has 3 saturated heterocycles. The molecule has 0 atom stereocenters. The lowest BCUT2D eigenvalue weighted by Crippen LogP contribution is -2.64. The SMILES string of the molecule is COc1ccc(OC)c(CN(CCC[N+]2(C(=O)N3CCOCC3)CCOCC2)C(=O)N2CCOCC2)c1. The summed E-state index contributed by atoms with van der Waals surface area (Å²) in [7, 11) is 3.25. The molecule has 0 bridgehead atoms. The van der Waals surface area contributed by atoms with Crippen LogP contribution in [0.4, 0.5) is 9.59 Å². The van der Waals surface area contributed by atoms with Crippen LogP contribution in [0.5, 0.6) is 11.5 Å². The number of morpholine rings is 3. The van der Waals surface area contributed by atoms with E-state index in [9.17, 15) is 9.59 Å². The van der Waals surface area contributed by atoms with Crippen LogP contribution in [0, 0.1) is 0 Å². The van der Waals surface area contributed by atoms with Crippen molar-refractivity contribution < 1.29 is 37.8 Å². The van der Waals surface area contributed by atoms with Gasteiger partial charge in [-0.25, -0.2) is 14.1 Å². The number of amides is 4. The molecule has 4 amide bonds. The van der Waals surface area contributed by atoms with E-state index in [1.807, 2.05) is 32.9 Å². The van der Waals surface area contributed by atoms with Gasteiger partial charge in [-0.2, -0.15) is 0 Å². The molecule has 0 radical (unpaired) electrons. The highest BCUT2D eigenvalue weighted by atomic mass is 16.5. The molecular formula is C26H41N4O7+. The summed E-state index contributed by atoms with van der Waals surface area (Å²) in [6.45, 7) is 8.59. The number of carbonyl (C=O) groups excluding carboxylic acids is 2. The van der Waals surface area contributed by atoms with Crippen LogP contribution in [0.15, 0.2) is 18.2 Å². The van der Waals surface area contributed by atoms with E-state index in [1.165, 1.54) is 0 Å². The fourth-order valence-corrected chi connectivity index (χ4v) is 5.23. The maximum absolute atomic E-state index is 13.6. The van der Waals surface area contributed by atoms with Crippen molar-refractivity contribution in [1.29, 1.82) is 0 Å². The molecule has 0 N–H and O–H groups in total. The zero-order chi connectivity index (χ0) is 26.1. The number of rotatable bonds is 8. The van der Waals surface area contributed by atoms with Gasteiger partial charge >= 0.3 is 12.1 Å². The second kappa shape index (κ2) is 13.3. The summed E-state index contributed by atoms with van der Waals surface area (Å²) >= 11 is 0. The number of hydrogen-bond acceptors (Lipinski definition) is 7. The number of nitrogens with zero attached hydrogens (tertiary/aromatic N) is 4. The van der Waals surface area contributed by atoms with Crippen LogP contribution in [0.3, 0.4) is 0 Å². The Labute approximate surface area is 219 Å². The number of hydrogen-bond donors (Lipinski definition) is 0. The first-order valence-corrected chi connectivity index (χ1v) is 13.2. The van der Waals surface area contributed by atoms with Gasteiger partial charge in [0, 0.05) is 44.7 Å². The van der Waals surface area contributed by atoms with Crippen molar-refractivity contribution >= 4 is 12.1 Å². The molecule has 4 rings (SSSR count). The zero-order valence-corrected chi connectivity index (χ0v) is 22.2. The van der Waals surface area contributed by atoms with E-state index in [2.05, 4.69) is 0 Å². The number of methoxy groups -OCH3 is 2. The van der Waals surface area contributed by atoms with Crippen LogP contribution in [-0.2, 0) is 20.8 Å². The van der Waals surface area contributed by atoms with Crippen molar-refractivity contribution in [2.45, 2.75) is 13.0 Å². The van der Waals surface area contributed by atoms with Gasteiger partial charge in [-0.05, 0) is 18.2 Å². The fraction of sp³-hybridized carbons (Fsp3) is 0.692. The Morgan fingerprint density at radius 3 is 2.14 bits per heavy atom. The van der Waals surface area contributed by atoms with Crippen LogP contribution in [0.1, 0.15) is 12.0 Å². The molecule has 11 heteroatoms. The third kappa shape index (κ3) is 6.84. The van der Waals surface area contributed by atoms with Crippen LogP contribution in [0.25, 0.3) is 0 Å². The van der Waals surface area contributed by atoms with Crippen molar-refractivity contribution in [3.63, 3.8) is 0 Å². The molecule has 0 spiro atoms. The highest BCUT2D eigenvalue weighted by Crippen LogP contribution is 2.26. The summed E-state index contributed by atoms with van der Waals surface area (Å²) in [5, 5.41) is 0. The van der Waals surface area contributed by atoms with Gasteiger partial charge in [-0.15, -0.1) is 0 Å². The molecular weight excluding hydrogens is 480 g/mol. The summed E-state index contributed by atoms with van der Waals surface area (Å²) in [6.07, 6.45) is 0.693. The Kier molecular flexibility index (Phi) is 9.84. The van der Waals surface area contributed by atoms with Crippen LogP contribution in [-0.4, -0.2) is 137 Å². The van der Waals surface area contributed by atoms with Gasteiger partial charge in [0.05, 0.1) is 67.0 Å². The first kappa shape index (κ1) is 27.4. The highest BCUT2D eigenvalue weighted by molar-refractivity contribution is 5.74. The maximum Gasteiger partial charge on any atom is 0.419 e. The van der Waals surface area contributed by atoms with Gasteiger partial charge in [-0.1, -0.05) is 0 Å². The predicted molar refractivity (Wildman–Crippen MR) is 136 cm³/mol. The lowest BCUT2D eigenvalue weighted by Gasteiger charge is -2.42. The van der Waals surface area contributed by atoms with E-state index < -0.39 is 0 Å². The Balaban J connectivity index is 1.49. The molecule has 3 heterocycles. The number of urea groups is 2. The maximum atomic E-state index is 13.6. The topological polar surface area (TPSA) is 90.0 Å². The van der Waals surface area contributed by atoms with E-state index in [0.29, 0.717) is 121 Å². The first-order chi connectivity index (χ1) is 18.1. The smallest absolute Gasteiger partial charge is 0.419 e. The largest absolute Gasteiger partial charge is 0.497 e. The van der Waals surface area contributed by atoms with E-state index in [1.54, 1.807) is 14.2 Å². The molecule has 1 aromatic carbocycles. The zero-order valence-electron chi connectivity index (χ0n) is 22.2. The minimum atomic E-state index is -0.0267. The van der Waals surface area contributed by atoms with Gasteiger partial charge < -0.3 is 33.5 Å². The van der Waals surface area contributed by atoms with Gasteiger partial charge in [0.15, 0.2) is 0 Å². The number of benzene rings is 1. The molecule has 206 valence electrons. The van der Waals surface area contributed by atoms with Gasteiger partial charge in [0.2, 0.25) is 0 Å². The normalized spacial score (nSPS) is 19.8. The molecule has 0 unspecified atom stereocenters. The summed E-state index contributed by atoms with van der Waals surface area (Å²) in [5.74, 6) is 1.42. The molecule has 3 aliphatic rings. The summed E-state index contributed by atoms with van der Waals surface area (Å²) in [4.78, 5) is 32.9. The Bertz CT molecular complexity index is 897. The quantitative estimate of drug-likeness (QED) is 0.481. The minimum absolute atomic E-state index is 0.0267. The fourth-order valence-electron chi connectivity index (χ4n) is 5.23.